The van der Waals surface area contributed by atoms with E-state index in [1.807, 2.05) is 18.2 Å². The predicted octanol–water partition coefficient (Wildman–Crippen LogP) is 4.92. The molecule has 7 nitrogen and oxygen atoms in total. The number of nitrogens with one attached hydrogen (secondary N) is 1. The van der Waals surface area contributed by atoms with Gasteiger partial charge in [-0.25, -0.2) is 0 Å². The lowest BCUT2D eigenvalue weighted by Gasteiger charge is -2.40. The smallest absolute Gasteiger partial charge is 0.254 e. The van der Waals surface area contributed by atoms with Crippen LogP contribution in [0.2, 0.25) is 5.02 Å². The van der Waals surface area contributed by atoms with Crippen LogP contribution < -0.4 is 19.5 Å². The molecule has 8 heteroatoms. The van der Waals surface area contributed by atoms with Crippen LogP contribution in [-0.2, 0) is 4.79 Å². The van der Waals surface area contributed by atoms with Crippen molar-refractivity contribution >= 4 is 29.1 Å². The maximum Gasteiger partial charge on any atom is 0.254 e. The number of hydrogen-bond donors (Lipinski definition) is 1. The van der Waals surface area contributed by atoms with Gasteiger partial charge < -0.3 is 24.4 Å². The molecule has 3 aromatic carbocycles. The largest absolute Gasteiger partial charge is 0.495 e. The van der Waals surface area contributed by atoms with Gasteiger partial charge in [-0.05, 0) is 47.5 Å². The number of methoxy groups -OCH3 is 3. The number of rotatable bonds is 6. The Kier molecular flexibility index (Phi) is 6.65. The maximum atomic E-state index is 13.7. The number of halogens is 1. The van der Waals surface area contributed by atoms with Gasteiger partial charge >= 0.3 is 0 Å². The highest BCUT2D eigenvalue weighted by Gasteiger charge is 2.42. The summed E-state index contributed by atoms with van der Waals surface area (Å²) in [5.41, 5.74) is 2.42. The molecule has 2 amide bonds. The van der Waals surface area contributed by atoms with Gasteiger partial charge in [0.15, 0.2) is 11.5 Å². The second-order valence-electron chi connectivity index (χ2n) is 7.88. The van der Waals surface area contributed by atoms with Crippen molar-refractivity contribution in [2.75, 3.05) is 33.7 Å². The summed E-state index contributed by atoms with van der Waals surface area (Å²) in [7, 11) is 6.33. The van der Waals surface area contributed by atoms with Crippen molar-refractivity contribution in [2.24, 2.45) is 0 Å². The first kappa shape index (κ1) is 23.4. The number of ether oxygens (including phenoxy) is 3. The van der Waals surface area contributed by atoms with Crippen molar-refractivity contribution < 1.29 is 23.8 Å². The molecule has 2 unspecified atom stereocenters. The van der Waals surface area contributed by atoms with Gasteiger partial charge in [-0.1, -0.05) is 35.9 Å². The molecule has 0 bridgehead atoms. The first-order chi connectivity index (χ1) is 16.4. The standard InChI is InChI=1S/C26H25ClN2O5/c1-29-24(15-9-11-21(33-3)22(13-15)34-4)23(17-7-5-6-8-18(17)26(29)31)25(30)28-16-10-12-20(32-2)19(27)14-16/h5-14,23-24H,1-4H3,(H,28,30). The van der Waals surface area contributed by atoms with Gasteiger partial charge in [0.25, 0.3) is 5.91 Å². The highest BCUT2D eigenvalue weighted by molar-refractivity contribution is 6.32. The summed E-state index contributed by atoms with van der Waals surface area (Å²) in [6.07, 6.45) is 0. The molecule has 0 aliphatic carbocycles. The van der Waals surface area contributed by atoms with Crippen LogP contribution in [0.15, 0.2) is 60.7 Å². The number of nitrogens with zero attached hydrogens (tertiary/aromatic N) is 1. The summed E-state index contributed by atoms with van der Waals surface area (Å²) >= 11 is 6.25. The summed E-state index contributed by atoms with van der Waals surface area (Å²) < 4.78 is 16.0. The summed E-state index contributed by atoms with van der Waals surface area (Å²) in [4.78, 5) is 28.5. The molecule has 2 atom stereocenters. The normalized spacial score (nSPS) is 17.1. The van der Waals surface area contributed by atoms with E-state index in [1.54, 1.807) is 68.6 Å². The topological polar surface area (TPSA) is 77.1 Å². The van der Waals surface area contributed by atoms with E-state index in [0.29, 0.717) is 39.1 Å². The van der Waals surface area contributed by atoms with Crippen molar-refractivity contribution in [3.63, 3.8) is 0 Å². The Morgan fingerprint density at radius 2 is 1.59 bits per heavy atom. The van der Waals surface area contributed by atoms with E-state index in [4.69, 9.17) is 25.8 Å². The van der Waals surface area contributed by atoms with Gasteiger partial charge in [0.1, 0.15) is 5.75 Å². The van der Waals surface area contributed by atoms with Gasteiger partial charge in [-0.3, -0.25) is 9.59 Å². The molecule has 1 N–H and O–H groups in total. The van der Waals surface area contributed by atoms with Crippen LogP contribution in [0.4, 0.5) is 5.69 Å². The Bertz CT molecular complexity index is 1250. The average molecular weight is 481 g/mol. The van der Waals surface area contributed by atoms with Crippen LogP contribution in [0, 0.1) is 0 Å². The third-order valence-electron chi connectivity index (χ3n) is 6.03. The van der Waals surface area contributed by atoms with E-state index >= 15 is 0 Å². The van der Waals surface area contributed by atoms with E-state index in [1.165, 1.54) is 7.11 Å². The molecule has 0 saturated carbocycles. The molecule has 1 aliphatic rings. The monoisotopic (exact) mass is 480 g/mol. The minimum absolute atomic E-state index is 0.160. The second kappa shape index (κ2) is 9.65. The van der Waals surface area contributed by atoms with Gasteiger partial charge in [-0.2, -0.15) is 0 Å². The fourth-order valence-electron chi connectivity index (χ4n) is 4.37. The molecule has 0 aromatic heterocycles. The molecular weight excluding hydrogens is 456 g/mol. The summed E-state index contributed by atoms with van der Waals surface area (Å²) in [5.74, 6) is 0.472. The minimum atomic E-state index is -0.683. The SMILES string of the molecule is COc1ccc(NC(=O)C2c3ccccc3C(=O)N(C)C2c2ccc(OC)c(OC)c2)cc1Cl. The Labute approximate surface area is 203 Å². The number of anilines is 1. The third kappa shape index (κ3) is 4.15. The Hall–Kier alpha value is -3.71. The molecule has 3 aromatic rings. The molecule has 0 fully saturated rings. The maximum absolute atomic E-state index is 13.7. The average Bonchev–Trinajstić information content (AvgIpc) is 2.85. The third-order valence-corrected chi connectivity index (χ3v) is 6.33. The molecule has 0 spiro atoms. The molecule has 1 heterocycles. The van der Waals surface area contributed by atoms with E-state index in [9.17, 15) is 9.59 Å². The Balaban J connectivity index is 1.80. The first-order valence-corrected chi connectivity index (χ1v) is 11.0. The molecule has 0 saturated heterocycles. The number of benzene rings is 3. The lowest BCUT2D eigenvalue weighted by Crippen LogP contribution is -2.44. The van der Waals surface area contributed by atoms with Crippen molar-refractivity contribution in [1.82, 2.24) is 4.90 Å². The molecule has 4 rings (SSSR count). The van der Waals surface area contributed by atoms with Crippen LogP contribution >= 0.6 is 11.6 Å². The highest BCUT2D eigenvalue weighted by atomic mass is 35.5. The number of fused-ring (bicyclic) bond motifs is 1. The number of carbonyl (C=O) groups is 2. The number of amides is 2. The van der Waals surface area contributed by atoms with E-state index in [2.05, 4.69) is 5.32 Å². The van der Waals surface area contributed by atoms with Crippen molar-refractivity contribution in [3.05, 3.63) is 82.4 Å². The zero-order chi connectivity index (χ0) is 24.4. The lowest BCUT2D eigenvalue weighted by atomic mass is 9.79. The van der Waals surface area contributed by atoms with Crippen LogP contribution in [0.1, 0.15) is 33.4 Å². The fraction of sp³-hybridized carbons (Fsp3) is 0.231. The van der Waals surface area contributed by atoms with Gasteiger partial charge in [0, 0.05) is 18.3 Å². The Morgan fingerprint density at radius 3 is 2.26 bits per heavy atom. The summed E-state index contributed by atoms with van der Waals surface area (Å²) in [6.45, 7) is 0. The van der Waals surface area contributed by atoms with Gasteiger partial charge in [0.2, 0.25) is 5.91 Å². The van der Waals surface area contributed by atoms with E-state index in [-0.39, 0.29) is 11.8 Å². The molecule has 0 radical (unpaired) electrons. The molecule has 176 valence electrons. The molecule has 34 heavy (non-hydrogen) atoms. The lowest BCUT2D eigenvalue weighted by molar-refractivity contribution is -0.119. The summed E-state index contributed by atoms with van der Waals surface area (Å²) in [6, 6.07) is 17.1. The van der Waals surface area contributed by atoms with Crippen molar-refractivity contribution in [3.8, 4) is 17.2 Å². The zero-order valence-corrected chi connectivity index (χ0v) is 20.1. The zero-order valence-electron chi connectivity index (χ0n) is 19.3. The minimum Gasteiger partial charge on any atom is -0.495 e. The highest BCUT2D eigenvalue weighted by Crippen LogP contribution is 2.44. The van der Waals surface area contributed by atoms with E-state index in [0.717, 1.165) is 5.56 Å². The predicted molar refractivity (Wildman–Crippen MR) is 130 cm³/mol. The first-order valence-electron chi connectivity index (χ1n) is 10.6. The second-order valence-corrected chi connectivity index (χ2v) is 8.29. The fourth-order valence-corrected chi connectivity index (χ4v) is 4.63. The summed E-state index contributed by atoms with van der Waals surface area (Å²) in [5, 5.41) is 3.34. The Morgan fingerprint density at radius 1 is 0.912 bits per heavy atom. The van der Waals surface area contributed by atoms with Gasteiger partial charge in [0.05, 0.1) is 38.3 Å². The molecular formula is C26H25ClN2O5. The van der Waals surface area contributed by atoms with E-state index < -0.39 is 12.0 Å². The van der Waals surface area contributed by atoms with Crippen molar-refractivity contribution in [2.45, 2.75) is 12.0 Å². The van der Waals surface area contributed by atoms with Crippen molar-refractivity contribution in [1.29, 1.82) is 0 Å². The molecule has 1 aliphatic heterocycles. The van der Waals surface area contributed by atoms with Gasteiger partial charge in [-0.15, -0.1) is 0 Å². The quantitative estimate of drug-likeness (QED) is 0.542. The van der Waals surface area contributed by atoms with Crippen LogP contribution in [0.3, 0.4) is 0 Å². The van der Waals surface area contributed by atoms with Crippen LogP contribution in [-0.4, -0.2) is 45.1 Å². The number of hydrogen-bond acceptors (Lipinski definition) is 5. The number of likely N-dealkylation sites (N-methyl/N-ethyl adjacent to an activating group) is 1. The van der Waals surface area contributed by atoms with Crippen LogP contribution in [0.5, 0.6) is 17.2 Å². The number of carbonyl (C=O) groups excluding carboxylic acids is 2. The van der Waals surface area contributed by atoms with Crippen LogP contribution in [0.25, 0.3) is 0 Å².